The minimum Gasteiger partial charge on any atom is -0.493 e. The maximum atomic E-state index is 12.8. The number of amides is 2. The molecule has 0 bridgehead atoms. The smallest absolute Gasteiger partial charge is 0.321 e. The molecule has 0 unspecified atom stereocenters. The van der Waals surface area contributed by atoms with Crippen LogP contribution in [0, 0.1) is 6.92 Å². The van der Waals surface area contributed by atoms with Gasteiger partial charge in [0.05, 0.1) is 13.2 Å². The summed E-state index contributed by atoms with van der Waals surface area (Å²) in [7, 11) is 1.64. The third-order valence-electron chi connectivity index (χ3n) is 5.78. The van der Waals surface area contributed by atoms with Crippen LogP contribution in [0.2, 0.25) is 0 Å². The fraction of sp³-hybridized carbons (Fsp3) is 0.478. The number of anilines is 2. The molecule has 7 nitrogen and oxygen atoms in total. The van der Waals surface area contributed by atoms with Crippen molar-refractivity contribution in [2.45, 2.75) is 38.7 Å². The highest BCUT2D eigenvalue weighted by Gasteiger charge is 2.23. The predicted octanol–water partition coefficient (Wildman–Crippen LogP) is 4.07. The van der Waals surface area contributed by atoms with Crippen molar-refractivity contribution < 1.29 is 14.3 Å². The van der Waals surface area contributed by atoms with Crippen molar-refractivity contribution in [3.63, 3.8) is 0 Å². The Bertz CT molecular complexity index is 875. The number of urea groups is 1. The lowest BCUT2D eigenvalue weighted by atomic mass is 10.2. The molecular weight excluding hydrogens is 380 g/mol. The van der Waals surface area contributed by atoms with Gasteiger partial charge in [-0.25, -0.2) is 9.78 Å². The number of carbonyl (C=O) groups excluding carboxylic acids is 1. The van der Waals surface area contributed by atoms with Gasteiger partial charge in [0.1, 0.15) is 5.82 Å². The summed E-state index contributed by atoms with van der Waals surface area (Å²) >= 11 is 0. The number of hydrogen-bond donors (Lipinski definition) is 1. The highest BCUT2D eigenvalue weighted by molar-refractivity contribution is 5.90. The van der Waals surface area contributed by atoms with E-state index in [2.05, 4.69) is 15.2 Å². The average molecular weight is 411 g/mol. The first kappa shape index (κ1) is 20.3. The number of rotatable bonds is 5. The van der Waals surface area contributed by atoms with Crippen LogP contribution in [0.1, 0.15) is 31.4 Å². The average Bonchev–Trinajstić information content (AvgIpc) is 3.27. The first-order valence-corrected chi connectivity index (χ1v) is 10.7. The predicted molar refractivity (Wildman–Crippen MR) is 118 cm³/mol. The lowest BCUT2D eigenvalue weighted by Gasteiger charge is -2.35. The van der Waals surface area contributed by atoms with E-state index in [1.807, 2.05) is 48.2 Å². The van der Waals surface area contributed by atoms with Gasteiger partial charge in [-0.2, -0.15) is 0 Å². The number of methoxy groups -OCH3 is 1. The van der Waals surface area contributed by atoms with Crippen LogP contribution in [0.25, 0.3) is 0 Å². The summed E-state index contributed by atoms with van der Waals surface area (Å²) in [5.41, 5.74) is 1.72. The Labute approximate surface area is 178 Å². The molecule has 1 aromatic heterocycles. The van der Waals surface area contributed by atoms with Crippen molar-refractivity contribution in [2.75, 3.05) is 43.5 Å². The highest BCUT2D eigenvalue weighted by atomic mass is 16.5. The molecule has 160 valence electrons. The van der Waals surface area contributed by atoms with Crippen molar-refractivity contribution >= 4 is 17.5 Å². The molecule has 4 rings (SSSR count). The molecule has 1 N–H and O–H groups in total. The van der Waals surface area contributed by atoms with Crippen molar-refractivity contribution in [1.29, 1.82) is 0 Å². The van der Waals surface area contributed by atoms with Crippen LogP contribution in [0.5, 0.6) is 11.5 Å². The van der Waals surface area contributed by atoms with Gasteiger partial charge < -0.3 is 24.6 Å². The number of pyridine rings is 1. The Kier molecular flexibility index (Phi) is 6.26. The summed E-state index contributed by atoms with van der Waals surface area (Å²) in [4.78, 5) is 21.4. The molecule has 30 heavy (non-hydrogen) atoms. The fourth-order valence-electron chi connectivity index (χ4n) is 4.08. The standard InChI is InChI=1S/C23H30N4O3/c1-17-6-5-9-22(24-17)26-12-14-27(15-13-26)23(28)25-18-10-11-20(29-2)21(16-18)30-19-7-3-4-8-19/h5-6,9-11,16,19H,3-4,7-8,12-15H2,1-2H3,(H,25,28). The second-order valence-corrected chi connectivity index (χ2v) is 7.93. The Balaban J connectivity index is 1.35. The van der Waals surface area contributed by atoms with E-state index in [-0.39, 0.29) is 12.1 Å². The van der Waals surface area contributed by atoms with E-state index in [1.54, 1.807) is 7.11 Å². The first-order chi connectivity index (χ1) is 14.6. The maximum absolute atomic E-state index is 12.8. The van der Waals surface area contributed by atoms with Gasteiger partial charge in [-0.05, 0) is 56.9 Å². The van der Waals surface area contributed by atoms with E-state index >= 15 is 0 Å². The Morgan fingerprint density at radius 1 is 1.07 bits per heavy atom. The van der Waals surface area contributed by atoms with Crippen LogP contribution in [0.15, 0.2) is 36.4 Å². The second kappa shape index (κ2) is 9.24. The zero-order valence-electron chi connectivity index (χ0n) is 17.8. The highest BCUT2D eigenvalue weighted by Crippen LogP contribution is 2.34. The molecule has 2 amide bonds. The monoisotopic (exact) mass is 410 g/mol. The number of ether oxygens (including phenoxy) is 2. The van der Waals surface area contributed by atoms with Crippen molar-refractivity contribution in [3.8, 4) is 11.5 Å². The summed E-state index contributed by atoms with van der Waals surface area (Å²) < 4.78 is 11.6. The number of aryl methyl sites for hydroxylation is 1. The molecule has 1 saturated carbocycles. The lowest BCUT2D eigenvalue weighted by molar-refractivity contribution is 0.201. The van der Waals surface area contributed by atoms with Crippen LogP contribution in [0.3, 0.4) is 0 Å². The van der Waals surface area contributed by atoms with Gasteiger partial charge in [-0.15, -0.1) is 0 Å². The Morgan fingerprint density at radius 2 is 1.83 bits per heavy atom. The zero-order valence-corrected chi connectivity index (χ0v) is 17.8. The summed E-state index contributed by atoms with van der Waals surface area (Å²) in [6.07, 6.45) is 4.77. The molecule has 2 heterocycles. The molecule has 1 aliphatic carbocycles. The van der Waals surface area contributed by atoms with Crippen LogP contribution >= 0.6 is 0 Å². The molecule has 0 atom stereocenters. The number of benzene rings is 1. The second-order valence-electron chi connectivity index (χ2n) is 7.93. The normalized spacial score (nSPS) is 17.1. The quantitative estimate of drug-likeness (QED) is 0.805. The van der Waals surface area contributed by atoms with Crippen molar-refractivity contribution in [3.05, 3.63) is 42.1 Å². The Hall–Kier alpha value is -2.96. The number of nitrogens with zero attached hydrogens (tertiary/aromatic N) is 3. The van der Waals surface area contributed by atoms with Crippen LogP contribution in [-0.4, -0.2) is 55.3 Å². The molecule has 1 aromatic carbocycles. The third kappa shape index (κ3) is 4.78. The van der Waals surface area contributed by atoms with E-state index < -0.39 is 0 Å². The number of nitrogens with one attached hydrogen (secondary N) is 1. The molecule has 2 aliphatic rings. The van der Waals surface area contributed by atoms with E-state index in [0.717, 1.165) is 43.1 Å². The molecule has 7 heteroatoms. The van der Waals surface area contributed by atoms with Gasteiger partial charge in [-0.3, -0.25) is 0 Å². The lowest BCUT2D eigenvalue weighted by Crippen LogP contribution is -2.50. The summed E-state index contributed by atoms with van der Waals surface area (Å²) in [6, 6.07) is 11.5. The van der Waals surface area contributed by atoms with Gasteiger partial charge in [0.15, 0.2) is 11.5 Å². The van der Waals surface area contributed by atoms with E-state index in [4.69, 9.17) is 9.47 Å². The summed E-state index contributed by atoms with van der Waals surface area (Å²) in [5, 5.41) is 3.01. The van der Waals surface area contributed by atoms with Crippen LogP contribution in [-0.2, 0) is 0 Å². The summed E-state index contributed by atoms with van der Waals surface area (Å²) in [5.74, 6) is 2.36. The molecule has 1 saturated heterocycles. The van der Waals surface area contributed by atoms with Gasteiger partial charge >= 0.3 is 6.03 Å². The SMILES string of the molecule is COc1ccc(NC(=O)N2CCN(c3cccc(C)n3)CC2)cc1OC1CCCC1. The maximum Gasteiger partial charge on any atom is 0.321 e. The molecule has 0 radical (unpaired) electrons. The van der Waals surface area contributed by atoms with Gasteiger partial charge in [0.2, 0.25) is 0 Å². The van der Waals surface area contributed by atoms with E-state index in [1.165, 1.54) is 12.8 Å². The molecule has 2 aromatic rings. The zero-order chi connectivity index (χ0) is 20.9. The molecule has 0 spiro atoms. The fourth-order valence-corrected chi connectivity index (χ4v) is 4.08. The largest absolute Gasteiger partial charge is 0.493 e. The van der Waals surface area contributed by atoms with Gasteiger partial charge in [0.25, 0.3) is 0 Å². The van der Waals surface area contributed by atoms with Crippen LogP contribution in [0.4, 0.5) is 16.3 Å². The number of piperazine rings is 1. The van der Waals surface area contributed by atoms with Crippen LogP contribution < -0.4 is 19.7 Å². The number of carbonyl (C=O) groups is 1. The molecular formula is C23H30N4O3. The van der Waals surface area contributed by atoms with E-state index in [0.29, 0.717) is 24.6 Å². The first-order valence-electron chi connectivity index (χ1n) is 10.7. The summed E-state index contributed by atoms with van der Waals surface area (Å²) in [6.45, 7) is 4.84. The Morgan fingerprint density at radius 3 is 2.53 bits per heavy atom. The number of hydrogen-bond acceptors (Lipinski definition) is 5. The third-order valence-corrected chi connectivity index (χ3v) is 5.78. The number of aromatic nitrogens is 1. The van der Waals surface area contributed by atoms with Crippen molar-refractivity contribution in [1.82, 2.24) is 9.88 Å². The topological polar surface area (TPSA) is 66.9 Å². The van der Waals surface area contributed by atoms with Crippen molar-refractivity contribution in [2.24, 2.45) is 0 Å². The molecule has 2 fully saturated rings. The molecule has 1 aliphatic heterocycles. The minimum absolute atomic E-state index is 0.0937. The van der Waals surface area contributed by atoms with Gasteiger partial charge in [0, 0.05) is 43.6 Å². The minimum atomic E-state index is -0.0937. The van der Waals surface area contributed by atoms with E-state index in [9.17, 15) is 4.79 Å². The van der Waals surface area contributed by atoms with Gasteiger partial charge in [-0.1, -0.05) is 6.07 Å².